The number of benzene rings is 1. The summed E-state index contributed by atoms with van der Waals surface area (Å²) in [5.74, 6) is -0.458. The summed E-state index contributed by atoms with van der Waals surface area (Å²) in [6.07, 6.45) is 3.88. The van der Waals surface area contributed by atoms with Crippen molar-refractivity contribution in [2.45, 2.75) is 31.4 Å². The van der Waals surface area contributed by atoms with Crippen LogP contribution in [0.2, 0.25) is 0 Å². The third kappa shape index (κ3) is 2.45. The minimum Gasteiger partial charge on any atom is -0.464 e. The van der Waals surface area contributed by atoms with E-state index in [4.69, 9.17) is 4.74 Å². The normalized spacial score (nSPS) is 21.4. The fourth-order valence-corrected chi connectivity index (χ4v) is 2.99. The van der Waals surface area contributed by atoms with E-state index >= 15 is 0 Å². The lowest BCUT2D eigenvalue weighted by Crippen LogP contribution is -2.19. The third-order valence-corrected chi connectivity index (χ3v) is 4.02. The standard InChI is InChI=1S/C16H18N2O3/c1-21-16(20)14-15(11-6-3-2-4-7-11)18(10-17-14)12-8-5-9-13(12)19/h2-4,6-7,10,12-13,19H,5,8-9H2,1H3/t12-,13-/m0/s1. The van der Waals surface area contributed by atoms with Gasteiger partial charge in [0.1, 0.15) is 0 Å². The predicted molar refractivity (Wildman–Crippen MR) is 77.9 cm³/mol. The molecule has 1 aliphatic rings. The third-order valence-electron chi connectivity index (χ3n) is 4.02. The minimum absolute atomic E-state index is 0.0360. The van der Waals surface area contributed by atoms with Crippen LogP contribution in [0.15, 0.2) is 36.7 Å². The van der Waals surface area contributed by atoms with Gasteiger partial charge in [0, 0.05) is 5.56 Å². The van der Waals surface area contributed by atoms with E-state index in [9.17, 15) is 9.90 Å². The summed E-state index contributed by atoms with van der Waals surface area (Å²) in [4.78, 5) is 16.2. The maximum atomic E-state index is 12.0. The summed E-state index contributed by atoms with van der Waals surface area (Å²) in [7, 11) is 1.35. The number of rotatable bonds is 3. The first-order chi connectivity index (χ1) is 10.2. The van der Waals surface area contributed by atoms with Gasteiger partial charge in [-0.3, -0.25) is 0 Å². The van der Waals surface area contributed by atoms with Crippen LogP contribution in [0.25, 0.3) is 11.3 Å². The maximum absolute atomic E-state index is 12.0. The van der Waals surface area contributed by atoms with Gasteiger partial charge in [0.05, 0.1) is 31.3 Å². The zero-order valence-corrected chi connectivity index (χ0v) is 11.9. The molecule has 1 saturated carbocycles. The molecule has 5 heteroatoms. The SMILES string of the molecule is COC(=O)c1ncn([C@H]2CCC[C@@H]2O)c1-c1ccccc1. The van der Waals surface area contributed by atoms with E-state index in [1.54, 1.807) is 6.33 Å². The molecular formula is C16H18N2O3. The van der Waals surface area contributed by atoms with Gasteiger partial charge in [-0.2, -0.15) is 0 Å². The Kier molecular flexibility index (Phi) is 3.75. The molecule has 110 valence electrons. The molecule has 1 N–H and O–H groups in total. The molecule has 1 heterocycles. The largest absolute Gasteiger partial charge is 0.464 e. The molecule has 3 rings (SSSR count). The predicted octanol–water partition coefficient (Wildman–Crippen LogP) is 2.42. The van der Waals surface area contributed by atoms with Gasteiger partial charge in [-0.05, 0) is 19.3 Å². The summed E-state index contributed by atoms with van der Waals surface area (Å²) >= 11 is 0. The van der Waals surface area contributed by atoms with Crippen LogP contribution in [0.1, 0.15) is 35.8 Å². The first kappa shape index (κ1) is 13.8. The highest BCUT2D eigenvalue weighted by Gasteiger charge is 2.31. The van der Waals surface area contributed by atoms with E-state index in [-0.39, 0.29) is 6.04 Å². The number of aliphatic hydroxyl groups is 1. The second-order valence-electron chi connectivity index (χ2n) is 5.27. The van der Waals surface area contributed by atoms with Crippen LogP contribution < -0.4 is 0 Å². The molecule has 1 aromatic carbocycles. The number of ether oxygens (including phenoxy) is 1. The van der Waals surface area contributed by atoms with Gasteiger partial charge in [-0.25, -0.2) is 9.78 Å². The second-order valence-corrected chi connectivity index (χ2v) is 5.27. The molecule has 1 aromatic heterocycles. The van der Waals surface area contributed by atoms with Crippen molar-refractivity contribution in [3.05, 3.63) is 42.4 Å². The lowest BCUT2D eigenvalue weighted by molar-refractivity contribution is 0.0595. The van der Waals surface area contributed by atoms with E-state index in [1.807, 2.05) is 34.9 Å². The number of hydrogen-bond donors (Lipinski definition) is 1. The van der Waals surface area contributed by atoms with E-state index in [1.165, 1.54) is 7.11 Å². The molecule has 0 spiro atoms. The Labute approximate surface area is 123 Å². The number of methoxy groups -OCH3 is 1. The van der Waals surface area contributed by atoms with Crippen molar-refractivity contribution in [3.8, 4) is 11.3 Å². The van der Waals surface area contributed by atoms with Crippen LogP contribution in [-0.2, 0) is 4.74 Å². The molecule has 0 aliphatic heterocycles. The van der Waals surface area contributed by atoms with E-state index in [2.05, 4.69) is 4.98 Å². The molecule has 2 atom stereocenters. The number of carbonyl (C=O) groups excluding carboxylic acids is 1. The zero-order valence-electron chi connectivity index (χ0n) is 11.9. The van der Waals surface area contributed by atoms with Crippen LogP contribution >= 0.6 is 0 Å². The summed E-state index contributed by atoms with van der Waals surface area (Å²) < 4.78 is 6.74. The molecule has 0 saturated heterocycles. The molecule has 5 nitrogen and oxygen atoms in total. The van der Waals surface area contributed by atoms with Crippen LogP contribution in [0.4, 0.5) is 0 Å². The molecule has 21 heavy (non-hydrogen) atoms. The van der Waals surface area contributed by atoms with Crippen molar-refractivity contribution < 1.29 is 14.6 Å². The average molecular weight is 286 g/mol. The zero-order chi connectivity index (χ0) is 14.8. The van der Waals surface area contributed by atoms with Crippen molar-refractivity contribution in [2.24, 2.45) is 0 Å². The van der Waals surface area contributed by atoms with Gasteiger partial charge in [0.25, 0.3) is 0 Å². The maximum Gasteiger partial charge on any atom is 0.358 e. The second kappa shape index (κ2) is 5.69. The van der Waals surface area contributed by atoms with Crippen molar-refractivity contribution in [1.82, 2.24) is 9.55 Å². The van der Waals surface area contributed by atoms with Gasteiger partial charge in [-0.1, -0.05) is 30.3 Å². The number of carbonyl (C=O) groups is 1. The van der Waals surface area contributed by atoms with Gasteiger partial charge in [0.15, 0.2) is 5.69 Å². The number of esters is 1. The molecule has 1 fully saturated rings. The molecule has 0 amide bonds. The van der Waals surface area contributed by atoms with E-state index < -0.39 is 12.1 Å². The van der Waals surface area contributed by atoms with Crippen molar-refractivity contribution in [2.75, 3.05) is 7.11 Å². The Morgan fingerprint density at radius 1 is 1.33 bits per heavy atom. The Morgan fingerprint density at radius 3 is 2.71 bits per heavy atom. The summed E-state index contributed by atoms with van der Waals surface area (Å²) in [6, 6.07) is 9.58. The van der Waals surface area contributed by atoms with Gasteiger partial charge in [0.2, 0.25) is 0 Å². The highest BCUT2D eigenvalue weighted by atomic mass is 16.5. The van der Waals surface area contributed by atoms with Crippen molar-refractivity contribution in [3.63, 3.8) is 0 Å². The summed E-state index contributed by atoms with van der Waals surface area (Å²) in [5.41, 5.74) is 1.91. The Morgan fingerprint density at radius 2 is 2.10 bits per heavy atom. The number of aromatic nitrogens is 2. The topological polar surface area (TPSA) is 64.3 Å². The number of imidazole rings is 1. The van der Waals surface area contributed by atoms with Gasteiger partial charge in [-0.15, -0.1) is 0 Å². The van der Waals surface area contributed by atoms with Crippen LogP contribution in [0, 0.1) is 0 Å². The van der Waals surface area contributed by atoms with Crippen molar-refractivity contribution in [1.29, 1.82) is 0 Å². The quantitative estimate of drug-likeness (QED) is 0.880. The van der Waals surface area contributed by atoms with E-state index in [0.717, 1.165) is 24.8 Å². The lowest BCUT2D eigenvalue weighted by Gasteiger charge is -2.19. The van der Waals surface area contributed by atoms with Crippen molar-refractivity contribution >= 4 is 5.97 Å². The fourth-order valence-electron chi connectivity index (χ4n) is 2.99. The molecule has 0 bridgehead atoms. The fraction of sp³-hybridized carbons (Fsp3) is 0.375. The van der Waals surface area contributed by atoms with Gasteiger partial charge < -0.3 is 14.4 Å². The van der Waals surface area contributed by atoms with Crippen LogP contribution in [0.5, 0.6) is 0 Å². The highest BCUT2D eigenvalue weighted by Crippen LogP contribution is 2.35. The van der Waals surface area contributed by atoms with Crippen LogP contribution in [0.3, 0.4) is 0 Å². The Balaban J connectivity index is 2.13. The molecular weight excluding hydrogens is 268 g/mol. The smallest absolute Gasteiger partial charge is 0.358 e. The molecule has 1 aliphatic carbocycles. The first-order valence-corrected chi connectivity index (χ1v) is 7.11. The number of aliphatic hydroxyl groups excluding tert-OH is 1. The summed E-state index contributed by atoms with van der Waals surface area (Å²) in [6.45, 7) is 0. The lowest BCUT2D eigenvalue weighted by atomic mass is 10.1. The molecule has 2 aromatic rings. The molecule has 0 radical (unpaired) electrons. The Hall–Kier alpha value is -2.14. The van der Waals surface area contributed by atoms with E-state index in [0.29, 0.717) is 11.4 Å². The minimum atomic E-state index is -0.458. The van der Waals surface area contributed by atoms with Crippen LogP contribution in [-0.4, -0.2) is 33.8 Å². The first-order valence-electron chi connectivity index (χ1n) is 7.11. The summed E-state index contributed by atoms with van der Waals surface area (Å²) in [5, 5.41) is 10.2. The average Bonchev–Trinajstić information content (AvgIpc) is 3.13. The molecule has 0 unspecified atom stereocenters. The highest BCUT2D eigenvalue weighted by molar-refractivity contribution is 5.94. The number of nitrogens with zero attached hydrogens (tertiary/aromatic N) is 2. The Bertz CT molecular complexity index is 636. The van der Waals surface area contributed by atoms with Gasteiger partial charge >= 0.3 is 5.97 Å². The number of hydrogen-bond acceptors (Lipinski definition) is 4. The monoisotopic (exact) mass is 286 g/mol.